The molecule has 2 fully saturated rings. The minimum Gasteiger partial charge on any atom is -0.374 e. The van der Waals surface area contributed by atoms with Crippen molar-refractivity contribution >= 4 is 21.6 Å². The lowest BCUT2D eigenvalue weighted by atomic mass is 9.85. The predicted octanol–water partition coefficient (Wildman–Crippen LogP) is 3.99. The number of rotatable bonds is 5. The van der Waals surface area contributed by atoms with E-state index in [4.69, 9.17) is 0 Å². The van der Waals surface area contributed by atoms with Crippen LogP contribution in [0.4, 0.5) is 18.9 Å². The summed E-state index contributed by atoms with van der Waals surface area (Å²) >= 11 is 0. The van der Waals surface area contributed by atoms with Crippen LogP contribution in [-0.2, 0) is 21.2 Å². The van der Waals surface area contributed by atoms with Crippen molar-refractivity contribution in [2.24, 2.45) is 5.92 Å². The van der Waals surface area contributed by atoms with Gasteiger partial charge in [0.05, 0.1) is 10.9 Å². The zero-order valence-electron chi connectivity index (χ0n) is 21.0. The third-order valence-corrected chi connectivity index (χ3v) is 9.44. The van der Waals surface area contributed by atoms with Crippen LogP contribution in [0.25, 0.3) is 0 Å². The van der Waals surface area contributed by atoms with Gasteiger partial charge in [-0.15, -0.1) is 0 Å². The lowest BCUT2D eigenvalue weighted by Crippen LogP contribution is -2.51. The number of halogens is 3. The van der Waals surface area contributed by atoms with Gasteiger partial charge in [-0.2, -0.15) is 13.2 Å². The first-order chi connectivity index (χ1) is 18.1. The number of nitrogens with one attached hydrogen (secondary N) is 3. The first-order valence-electron chi connectivity index (χ1n) is 13.2. The highest BCUT2D eigenvalue weighted by molar-refractivity contribution is 7.89. The van der Waals surface area contributed by atoms with Crippen LogP contribution in [0.15, 0.2) is 53.4 Å². The van der Waals surface area contributed by atoms with Crippen LogP contribution in [0.5, 0.6) is 0 Å². The average Bonchev–Trinajstić information content (AvgIpc) is 2.92. The lowest BCUT2D eigenvalue weighted by Gasteiger charge is -2.40. The van der Waals surface area contributed by atoms with Crippen LogP contribution < -0.4 is 15.4 Å². The number of amides is 1. The van der Waals surface area contributed by atoms with Crippen molar-refractivity contribution in [3.05, 3.63) is 59.7 Å². The van der Waals surface area contributed by atoms with Gasteiger partial charge < -0.3 is 15.5 Å². The summed E-state index contributed by atoms with van der Waals surface area (Å²) in [5.41, 5.74) is 1.98. The highest BCUT2D eigenvalue weighted by Gasteiger charge is 2.41. The maximum atomic E-state index is 13.5. The summed E-state index contributed by atoms with van der Waals surface area (Å²) in [6.45, 7) is 2.09. The van der Waals surface area contributed by atoms with Gasteiger partial charge in [-0.25, -0.2) is 13.1 Å². The maximum Gasteiger partial charge on any atom is 0.408 e. The van der Waals surface area contributed by atoms with E-state index in [1.807, 2.05) is 35.2 Å². The van der Waals surface area contributed by atoms with Gasteiger partial charge in [0.2, 0.25) is 15.9 Å². The van der Waals surface area contributed by atoms with Gasteiger partial charge in [0.15, 0.2) is 0 Å². The molecule has 206 valence electrons. The number of benzene rings is 2. The highest BCUT2D eigenvalue weighted by atomic mass is 32.2. The number of carbonyl (C=O) groups excluding carboxylic acids is 1. The molecule has 3 aliphatic rings. The van der Waals surface area contributed by atoms with Gasteiger partial charge in [0.25, 0.3) is 0 Å². The number of carbonyl (C=O) groups is 1. The minimum absolute atomic E-state index is 0.0152. The number of aryl methyl sites for hydroxylation is 1. The third kappa shape index (κ3) is 5.84. The Balaban J connectivity index is 1.19. The number of fused-ring (bicyclic) bond motifs is 1. The number of nitrogens with zero attached hydrogens (tertiary/aromatic N) is 1. The smallest absolute Gasteiger partial charge is 0.374 e. The molecule has 2 aromatic rings. The summed E-state index contributed by atoms with van der Waals surface area (Å²) in [5.74, 6) is -0.0162. The van der Waals surface area contributed by atoms with Crippen molar-refractivity contribution in [1.82, 2.24) is 14.9 Å². The minimum atomic E-state index is -4.35. The van der Waals surface area contributed by atoms with E-state index < -0.39 is 22.2 Å². The fraction of sp³-hybridized carbons (Fsp3) is 0.519. The maximum absolute atomic E-state index is 13.5. The van der Waals surface area contributed by atoms with Gasteiger partial charge in [-0.05, 0) is 67.9 Å². The van der Waals surface area contributed by atoms with Crippen LogP contribution in [0.3, 0.4) is 0 Å². The second-order valence-electron chi connectivity index (χ2n) is 10.4. The summed E-state index contributed by atoms with van der Waals surface area (Å²) < 4.78 is 68.1. The third-order valence-electron chi connectivity index (χ3n) is 7.92. The van der Waals surface area contributed by atoms with Crippen molar-refractivity contribution in [2.45, 2.75) is 67.7 Å². The van der Waals surface area contributed by atoms with E-state index in [1.165, 1.54) is 18.2 Å². The van der Waals surface area contributed by atoms with Crippen molar-refractivity contribution in [1.29, 1.82) is 0 Å². The van der Waals surface area contributed by atoms with Crippen molar-refractivity contribution in [3.63, 3.8) is 0 Å². The van der Waals surface area contributed by atoms with Gasteiger partial charge in [-0.3, -0.25) is 4.79 Å². The molecule has 1 aliphatic carbocycles. The highest BCUT2D eigenvalue weighted by Crippen LogP contribution is 2.35. The normalized spacial score (nSPS) is 26.3. The Labute approximate surface area is 221 Å². The number of anilines is 1. The van der Waals surface area contributed by atoms with Gasteiger partial charge in [0.1, 0.15) is 6.04 Å². The molecule has 7 nitrogen and oxygen atoms in total. The summed E-state index contributed by atoms with van der Waals surface area (Å²) in [6.07, 6.45) is -2.02. The van der Waals surface area contributed by atoms with Crippen LogP contribution in [0.2, 0.25) is 0 Å². The second kappa shape index (κ2) is 10.9. The number of alkyl halides is 3. The van der Waals surface area contributed by atoms with Crippen LogP contribution >= 0.6 is 0 Å². The lowest BCUT2D eigenvalue weighted by molar-refractivity contribution is -0.144. The van der Waals surface area contributed by atoms with E-state index in [0.29, 0.717) is 50.0 Å². The zero-order valence-corrected chi connectivity index (χ0v) is 21.8. The molecule has 0 aromatic heterocycles. The molecule has 2 aromatic carbocycles. The monoisotopic (exact) mass is 550 g/mol. The van der Waals surface area contributed by atoms with E-state index in [-0.39, 0.29) is 41.6 Å². The molecular formula is C27H33F3N4O3S. The van der Waals surface area contributed by atoms with Crippen molar-refractivity contribution in [3.8, 4) is 0 Å². The second-order valence-corrected chi connectivity index (χ2v) is 12.1. The van der Waals surface area contributed by atoms with Crippen LogP contribution in [0, 0.1) is 5.92 Å². The molecule has 1 saturated carbocycles. The molecule has 2 unspecified atom stereocenters. The molecule has 38 heavy (non-hydrogen) atoms. The standard InChI is InChI=1S/C27H33F3N4O3S/c28-27(29,30)25-13-8-20-16-22(11-12-23(20)32-25)38(36,37)33-21-9-6-19(7-10-21)26(35)34-15-14-31-17-24(34)18-4-2-1-3-5-18/h1-5,11-12,16,19,21,24-25,31-33H,6-10,13-15,17H2/t19-,21-,24?,25?. The number of hydrogen-bond acceptors (Lipinski definition) is 5. The quantitative estimate of drug-likeness (QED) is 0.524. The van der Waals surface area contributed by atoms with Gasteiger partial charge in [-0.1, -0.05) is 30.3 Å². The average molecular weight is 551 g/mol. The fourth-order valence-corrected chi connectivity index (χ4v) is 7.17. The Kier molecular flexibility index (Phi) is 7.70. The van der Waals surface area contributed by atoms with Crippen molar-refractivity contribution in [2.75, 3.05) is 25.0 Å². The van der Waals surface area contributed by atoms with Crippen LogP contribution in [-0.4, -0.2) is 57.1 Å². The molecule has 1 saturated heterocycles. The summed E-state index contributed by atoms with van der Waals surface area (Å²) in [5, 5.41) is 5.85. The first kappa shape index (κ1) is 27.0. The topological polar surface area (TPSA) is 90.5 Å². The molecule has 5 rings (SSSR count). The molecular weight excluding hydrogens is 517 g/mol. The summed E-state index contributed by atoms with van der Waals surface area (Å²) in [6, 6.07) is 12.3. The Hall–Kier alpha value is -2.63. The molecule has 1 amide bonds. The van der Waals surface area contributed by atoms with E-state index >= 15 is 0 Å². The Bertz CT molecular complexity index is 1250. The van der Waals surface area contributed by atoms with Crippen LogP contribution in [0.1, 0.15) is 49.3 Å². The summed E-state index contributed by atoms with van der Waals surface area (Å²) in [4.78, 5) is 15.5. The summed E-state index contributed by atoms with van der Waals surface area (Å²) in [7, 11) is -3.84. The zero-order chi connectivity index (χ0) is 26.9. The molecule has 0 bridgehead atoms. The Morgan fingerprint density at radius 2 is 1.74 bits per heavy atom. The van der Waals surface area contributed by atoms with E-state index in [2.05, 4.69) is 15.4 Å². The molecule has 0 spiro atoms. The molecule has 11 heteroatoms. The largest absolute Gasteiger partial charge is 0.408 e. The predicted molar refractivity (Wildman–Crippen MR) is 138 cm³/mol. The number of hydrogen-bond donors (Lipinski definition) is 3. The molecule has 0 radical (unpaired) electrons. The number of piperazine rings is 1. The molecule has 2 heterocycles. The first-order valence-corrected chi connectivity index (χ1v) is 14.6. The van der Waals surface area contributed by atoms with E-state index in [0.717, 1.165) is 12.1 Å². The van der Waals surface area contributed by atoms with Gasteiger partial charge >= 0.3 is 6.18 Å². The molecule has 3 N–H and O–H groups in total. The molecule has 2 aliphatic heterocycles. The fourth-order valence-electron chi connectivity index (χ4n) is 5.81. The molecule has 2 atom stereocenters. The Morgan fingerprint density at radius 3 is 2.45 bits per heavy atom. The van der Waals surface area contributed by atoms with E-state index in [9.17, 15) is 26.4 Å². The number of sulfonamides is 1. The SMILES string of the molecule is O=C([C@H]1CC[C@H](NS(=O)(=O)c2ccc3c(c2)CCC(C(F)(F)F)N3)CC1)N1CCNCC1c1ccccc1. The Morgan fingerprint density at radius 1 is 1.00 bits per heavy atom. The van der Waals surface area contributed by atoms with Gasteiger partial charge in [0, 0.05) is 37.3 Å². The van der Waals surface area contributed by atoms with E-state index in [1.54, 1.807) is 0 Å². The van der Waals surface area contributed by atoms with Crippen molar-refractivity contribution < 1.29 is 26.4 Å².